The normalized spacial score (nSPS) is 12.7. The first kappa shape index (κ1) is 21.9. The Morgan fingerprint density at radius 1 is 1.21 bits per heavy atom. The van der Waals surface area contributed by atoms with E-state index in [9.17, 15) is 9.59 Å². The van der Waals surface area contributed by atoms with E-state index >= 15 is 0 Å². The highest BCUT2D eigenvalue weighted by Crippen LogP contribution is 2.36. The molecular weight excluding hydrogens is 454 g/mol. The summed E-state index contributed by atoms with van der Waals surface area (Å²) < 4.78 is 6.90. The lowest BCUT2D eigenvalue weighted by molar-refractivity contribution is 0.0524. The fraction of sp³-hybridized carbons (Fsp3) is 0.200. The highest BCUT2D eigenvalue weighted by molar-refractivity contribution is 6.34. The van der Waals surface area contributed by atoms with E-state index in [2.05, 4.69) is 14.9 Å². The van der Waals surface area contributed by atoms with Crippen LogP contribution in [0.15, 0.2) is 53.7 Å². The number of nitrogens with zero attached hydrogens (tertiary/aromatic N) is 4. The topological polar surface area (TPSA) is 103 Å². The van der Waals surface area contributed by atoms with Gasteiger partial charge in [-0.1, -0.05) is 17.7 Å². The lowest BCUT2D eigenvalue weighted by Gasteiger charge is -2.22. The molecule has 8 nitrogen and oxygen atoms in total. The Kier molecular flexibility index (Phi) is 5.45. The molecule has 0 saturated heterocycles. The summed E-state index contributed by atoms with van der Waals surface area (Å²) in [5.41, 5.74) is 10.3. The molecular formula is C25H22ClN5O3. The number of rotatable bonds is 4. The van der Waals surface area contributed by atoms with Gasteiger partial charge in [0.1, 0.15) is 11.4 Å². The SMILES string of the molecule is CCOC(=O)c1cn(-c2cnc(N)cc2C)c2cc(N3Cc4cccnc4C3)c(Cl)cc2c1=O. The molecule has 1 aliphatic rings. The van der Waals surface area contributed by atoms with Crippen molar-refractivity contribution < 1.29 is 9.53 Å². The van der Waals surface area contributed by atoms with E-state index in [0.29, 0.717) is 40.5 Å². The van der Waals surface area contributed by atoms with Crippen molar-refractivity contribution in [1.29, 1.82) is 0 Å². The highest BCUT2D eigenvalue weighted by atomic mass is 35.5. The minimum Gasteiger partial charge on any atom is -0.462 e. The van der Waals surface area contributed by atoms with Crippen LogP contribution < -0.4 is 16.1 Å². The summed E-state index contributed by atoms with van der Waals surface area (Å²) >= 11 is 6.69. The first-order valence-corrected chi connectivity index (χ1v) is 11.2. The molecule has 0 saturated carbocycles. The van der Waals surface area contributed by atoms with E-state index in [1.165, 1.54) is 6.20 Å². The molecule has 4 heterocycles. The van der Waals surface area contributed by atoms with Gasteiger partial charge in [-0.05, 0) is 49.2 Å². The Labute approximate surface area is 200 Å². The fourth-order valence-electron chi connectivity index (χ4n) is 4.32. The van der Waals surface area contributed by atoms with Gasteiger partial charge < -0.3 is 19.9 Å². The van der Waals surface area contributed by atoms with Gasteiger partial charge in [0.2, 0.25) is 5.43 Å². The molecule has 1 aliphatic heterocycles. The van der Waals surface area contributed by atoms with Crippen LogP contribution in [0.4, 0.5) is 11.5 Å². The molecule has 0 radical (unpaired) electrons. The highest BCUT2D eigenvalue weighted by Gasteiger charge is 2.25. The molecule has 0 spiro atoms. The van der Waals surface area contributed by atoms with Gasteiger partial charge in [-0.3, -0.25) is 9.78 Å². The van der Waals surface area contributed by atoms with Crippen molar-refractivity contribution in [2.24, 2.45) is 0 Å². The Morgan fingerprint density at radius 3 is 2.76 bits per heavy atom. The minimum atomic E-state index is -0.689. The Bertz CT molecular complexity index is 1490. The number of aromatic nitrogens is 3. The van der Waals surface area contributed by atoms with E-state index in [4.69, 9.17) is 22.1 Å². The predicted molar refractivity (Wildman–Crippen MR) is 132 cm³/mol. The van der Waals surface area contributed by atoms with E-state index in [1.54, 1.807) is 36.0 Å². The van der Waals surface area contributed by atoms with Crippen LogP contribution in [0.25, 0.3) is 16.6 Å². The summed E-state index contributed by atoms with van der Waals surface area (Å²) in [6.45, 7) is 5.00. The first-order chi connectivity index (χ1) is 16.4. The van der Waals surface area contributed by atoms with Crippen LogP contribution in [0.3, 0.4) is 0 Å². The zero-order valence-corrected chi connectivity index (χ0v) is 19.5. The molecule has 1 aromatic carbocycles. The van der Waals surface area contributed by atoms with Crippen molar-refractivity contribution in [1.82, 2.24) is 14.5 Å². The Morgan fingerprint density at radius 2 is 2.03 bits per heavy atom. The second-order valence-corrected chi connectivity index (χ2v) is 8.55. The number of ether oxygens (including phenoxy) is 1. The number of anilines is 2. The number of esters is 1. The molecule has 0 fully saturated rings. The van der Waals surface area contributed by atoms with Crippen LogP contribution >= 0.6 is 11.6 Å². The molecule has 0 amide bonds. The number of carbonyl (C=O) groups excluding carboxylic acids is 1. The van der Waals surface area contributed by atoms with Gasteiger partial charge in [0.25, 0.3) is 0 Å². The molecule has 9 heteroatoms. The van der Waals surface area contributed by atoms with Gasteiger partial charge in [0.15, 0.2) is 0 Å². The largest absolute Gasteiger partial charge is 0.462 e. The van der Waals surface area contributed by atoms with Crippen molar-refractivity contribution in [3.63, 3.8) is 0 Å². The molecule has 4 aromatic rings. The van der Waals surface area contributed by atoms with Crippen molar-refractivity contribution in [3.05, 3.63) is 86.6 Å². The molecule has 0 bridgehead atoms. The Balaban J connectivity index is 1.75. The first-order valence-electron chi connectivity index (χ1n) is 10.8. The third kappa shape index (κ3) is 3.66. The van der Waals surface area contributed by atoms with Gasteiger partial charge in [-0.2, -0.15) is 0 Å². The second kappa shape index (κ2) is 8.46. The second-order valence-electron chi connectivity index (χ2n) is 8.14. The van der Waals surface area contributed by atoms with Crippen LogP contribution in [0.5, 0.6) is 0 Å². The molecule has 172 valence electrons. The smallest absolute Gasteiger partial charge is 0.343 e. The quantitative estimate of drug-likeness (QED) is 0.444. The maximum atomic E-state index is 13.3. The zero-order chi connectivity index (χ0) is 24.0. The summed E-state index contributed by atoms with van der Waals surface area (Å²) in [5, 5.41) is 0.725. The monoisotopic (exact) mass is 475 g/mol. The van der Waals surface area contributed by atoms with Crippen LogP contribution in [-0.2, 0) is 17.8 Å². The van der Waals surface area contributed by atoms with Crippen LogP contribution in [0, 0.1) is 6.92 Å². The maximum Gasteiger partial charge on any atom is 0.343 e. The number of aryl methyl sites for hydroxylation is 1. The van der Waals surface area contributed by atoms with E-state index < -0.39 is 11.4 Å². The molecule has 0 unspecified atom stereocenters. The van der Waals surface area contributed by atoms with Gasteiger partial charge in [-0.25, -0.2) is 9.78 Å². The number of hydrogen-bond acceptors (Lipinski definition) is 7. The van der Waals surface area contributed by atoms with Gasteiger partial charge in [-0.15, -0.1) is 0 Å². The van der Waals surface area contributed by atoms with Crippen molar-refractivity contribution in [2.45, 2.75) is 26.9 Å². The maximum absolute atomic E-state index is 13.3. The summed E-state index contributed by atoms with van der Waals surface area (Å²) in [6, 6.07) is 9.18. The number of pyridine rings is 3. The average Bonchev–Trinajstić information content (AvgIpc) is 3.24. The molecule has 5 rings (SSSR count). The van der Waals surface area contributed by atoms with Crippen molar-refractivity contribution in [3.8, 4) is 5.69 Å². The van der Waals surface area contributed by atoms with E-state index in [1.807, 2.05) is 25.1 Å². The van der Waals surface area contributed by atoms with E-state index in [0.717, 1.165) is 22.5 Å². The van der Waals surface area contributed by atoms with Crippen molar-refractivity contribution >= 4 is 40.0 Å². The lowest BCUT2D eigenvalue weighted by atomic mass is 10.1. The number of carbonyl (C=O) groups is 1. The minimum absolute atomic E-state index is 0.0767. The zero-order valence-electron chi connectivity index (χ0n) is 18.7. The number of nitrogens with two attached hydrogens (primary N) is 1. The molecule has 0 atom stereocenters. The summed E-state index contributed by atoms with van der Waals surface area (Å²) in [4.78, 5) is 36.7. The summed E-state index contributed by atoms with van der Waals surface area (Å²) in [5.74, 6) is -0.311. The number of hydrogen-bond donors (Lipinski definition) is 1. The third-order valence-electron chi connectivity index (χ3n) is 5.96. The molecule has 34 heavy (non-hydrogen) atoms. The lowest BCUT2D eigenvalue weighted by Crippen LogP contribution is -2.22. The summed E-state index contributed by atoms with van der Waals surface area (Å²) in [6.07, 6.45) is 4.89. The fourth-order valence-corrected chi connectivity index (χ4v) is 4.61. The van der Waals surface area contributed by atoms with E-state index in [-0.39, 0.29) is 12.2 Å². The third-order valence-corrected chi connectivity index (χ3v) is 6.26. The van der Waals surface area contributed by atoms with Gasteiger partial charge >= 0.3 is 5.97 Å². The number of fused-ring (bicyclic) bond motifs is 2. The number of halogens is 1. The Hall–Kier alpha value is -3.91. The number of nitrogen functional groups attached to an aromatic ring is 1. The molecule has 2 N–H and O–H groups in total. The van der Waals surface area contributed by atoms with Crippen LogP contribution in [-0.4, -0.2) is 27.1 Å². The molecule has 0 aliphatic carbocycles. The standard InChI is InChI=1S/C25H22ClN5O3/c1-3-34-25(33)17-12-31(22-10-29-23(27)7-14(22)2)20-9-21(18(26)8-16(20)24(17)32)30-11-15-5-4-6-28-19(15)13-30/h4-10,12H,3,11,13H2,1-2H3,(H2,27,29). The summed E-state index contributed by atoms with van der Waals surface area (Å²) in [7, 11) is 0. The predicted octanol–water partition coefficient (Wildman–Crippen LogP) is 4.02. The van der Waals surface area contributed by atoms with Crippen LogP contribution in [0.2, 0.25) is 5.02 Å². The van der Waals surface area contributed by atoms with Crippen molar-refractivity contribution in [2.75, 3.05) is 17.2 Å². The van der Waals surface area contributed by atoms with Gasteiger partial charge in [0, 0.05) is 24.3 Å². The van der Waals surface area contributed by atoms with Crippen LogP contribution in [0.1, 0.15) is 34.1 Å². The van der Waals surface area contributed by atoms with Gasteiger partial charge in [0.05, 0.1) is 47.0 Å². The molecule has 3 aromatic heterocycles. The number of benzene rings is 1. The average molecular weight is 476 g/mol.